The van der Waals surface area contributed by atoms with Crippen LogP contribution in [0.3, 0.4) is 0 Å². The number of benzene rings is 1. The van der Waals surface area contributed by atoms with Gasteiger partial charge in [0.15, 0.2) is 5.96 Å². The van der Waals surface area contributed by atoms with Gasteiger partial charge in [0, 0.05) is 46.3 Å². The summed E-state index contributed by atoms with van der Waals surface area (Å²) in [4.78, 5) is 21.0. The predicted molar refractivity (Wildman–Crippen MR) is 114 cm³/mol. The van der Waals surface area contributed by atoms with Crippen molar-refractivity contribution in [3.05, 3.63) is 35.4 Å². The average Bonchev–Trinajstić information content (AvgIpc) is 3.09. The Kier molecular flexibility index (Phi) is 7.50. The molecule has 0 spiro atoms. The maximum Gasteiger partial charge on any atom is 0.310 e. The second-order valence-electron chi connectivity index (χ2n) is 8.15. The molecule has 160 valence electrons. The number of rotatable bonds is 5. The highest BCUT2D eigenvalue weighted by atomic mass is 16.5. The summed E-state index contributed by atoms with van der Waals surface area (Å²) in [5.74, 6) is 0.842. The van der Waals surface area contributed by atoms with Crippen molar-refractivity contribution in [2.75, 3.05) is 46.9 Å². The van der Waals surface area contributed by atoms with Crippen molar-refractivity contribution in [2.24, 2.45) is 16.8 Å². The molecule has 3 unspecified atom stereocenters. The van der Waals surface area contributed by atoms with E-state index < -0.39 is 0 Å². The molecule has 0 aliphatic carbocycles. The van der Waals surface area contributed by atoms with Gasteiger partial charge in [-0.2, -0.15) is 0 Å². The molecule has 1 aromatic carbocycles. The Morgan fingerprint density at radius 2 is 2.07 bits per heavy atom. The van der Waals surface area contributed by atoms with Gasteiger partial charge >= 0.3 is 5.97 Å². The van der Waals surface area contributed by atoms with Gasteiger partial charge in [-0.1, -0.05) is 31.2 Å². The first-order valence-corrected chi connectivity index (χ1v) is 10.4. The largest absolute Gasteiger partial charge is 0.469 e. The second kappa shape index (κ2) is 10.1. The molecule has 0 aromatic heterocycles. The standard InChI is InChI=1S/C22H34N4O3/c1-16-12-26(15-20(16)21(27)28-4)22(23-3)24-11-18-6-5-7-19(10-18)14-25-8-9-29-17(2)13-25/h5-7,10,16-17,20H,8-9,11-15H2,1-4H3,(H,23,24). The molecule has 2 aliphatic heterocycles. The maximum absolute atomic E-state index is 12.0. The monoisotopic (exact) mass is 402 g/mol. The van der Waals surface area contributed by atoms with Crippen molar-refractivity contribution in [1.29, 1.82) is 0 Å². The third-order valence-electron chi connectivity index (χ3n) is 5.80. The van der Waals surface area contributed by atoms with E-state index in [9.17, 15) is 4.79 Å². The zero-order chi connectivity index (χ0) is 20.8. The number of likely N-dealkylation sites (tertiary alicyclic amines) is 1. The number of guanidine groups is 1. The number of methoxy groups -OCH3 is 1. The Labute approximate surface area is 174 Å². The summed E-state index contributed by atoms with van der Waals surface area (Å²) >= 11 is 0. The van der Waals surface area contributed by atoms with E-state index in [2.05, 4.69) is 58.2 Å². The van der Waals surface area contributed by atoms with E-state index in [-0.39, 0.29) is 17.8 Å². The lowest BCUT2D eigenvalue weighted by Gasteiger charge is -2.31. The molecule has 0 amide bonds. The molecule has 2 saturated heterocycles. The molecule has 3 rings (SSSR count). The van der Waals surface area contributed by atoms with Crippen molar-refractivity contribution >= 4 is 11.9 Å². The highest BCUT2D eigenvalue weighted by Gasteiger charge is 2.36. The van der Waals surface area contributed by atoms with E-state index in [4.69, 9.17) is 9.47 Å². The van der Waals surface area contributed by atoms with Crippen molar-refractivity contribution in [3.63, 3.8) is 0 Å². The number of ether oxygens (including phenoxy) is 2. The minimum absolute atomic E-state index is 0.0993. The van der Waals surface area contributed by atoms with E-state index in [1.807, 2.05) is 0 Å². The summed E-state index contributed by atoms with van der Waals surface area (Å²) in [6.07, 6.45) is 0.300. The molecule has 29 heavy (non-hydrogen) atoms. The number of morpholine rings is 1. The van der Waals surface area contributed by atoms with Crippen LogP contribution < -0.4 is 5.32 Å². The number of esters is 1. The van der Waals surface area contributed by atoms with Crippen LogP contribution in [0, 0.1) is 11.8 Å². The van der Waals surface area contributed by atoms with Crippen molar-refractivity contribution in [3.8, 4) is 0 Å². The number of hydrogen-bond acceptors (Lipinski definition) is 5. The van der Waals surface area contributed by atoms with Crippen molar-refractivity contribution < 1.29 is 14.3 Å². The maximum atomic E-state index is 12.0. The Balaban J connectivity index is 1.55. The van der Waals surface area contributed by atoms with Crippen molar-refractivity contribution in [1.82, 2.24) is 15.1 Å². The summed E-state index contributed by atoms with van der Waals surface area (Å²) < 4.78 is 10.6. The van der Waals surface area contributed by atoms with Gasteiger partial charge < -0.3 is 19.7 Å². The predicted octanol–water partition coefficient (Wildman–Crippen LogP) is 1.72. The van der Waals surface area contributed by atoms with Gasteiger partial charge in [0.1, 0.15) is 0 Å². The Hall–Kier alpha value is -2.12. The van der Waals surface area contributed by atoms with Gasteiger partial charge in [0.25, 0.3) is 0 Å². The summed E-state index contributed by atoms with van der Waals surface area (Å²) in [6, 6.07) is 8.69. The van der Waals surface area contributed by atoms with Crippen LogP contribution in [-0.2, 0) is 27.4 Å². The van der Waals surface area contributed by atoms with Gasteiger partial charge in [-0.15, -0.1) is 0 Å². The smallest absolute Gasteiger partial charge is 0.310 e. The fraction of sp³-hybridized carbons (Fsp3) is 0.636. The quantitative estimate of drug-likeness (QED) is 0.460. The van der Waals surface area contributed by atoms with Gasteiger partial charge in [0.2, 0.25) is 0 Å². The fourth-order valence-electron chi connectivity index (χ4n) is 4.24. The molecule has 2 aliphatic rings. The van der Waals surface area contributed by atoms with E-state index in [0.29, 0.717) is 19.2 Å². The Morgan fingerprint density at radius 3 is 2.79 bits per heavy atom. The van der Waals surface area contributed by atoms with Gasteiger partial charge in [0.05, 0.1) is 25.7 Å². The minimum Gasteiger partial charge on any atom is -0.469 e. The third-order valence-corrected chi connectivity index (χ3v) is 5.80. The first kappa shape index (κ1) is 21.6. The SMILES string of the molecule is CN=C(NCc1cccc(CN2CCOC(C)C2)c1)N1CC(C)C(C(=O)OC)C1. The molecule has 2 heterocycles. The average molecular weight is 403 g/mol. The molecule has 2 fully saturated rings. The molecule has 3 atom stereocenters. The number of carbonyl (C=O) groups is 1. The van der Waals surface area contributed by atoms with Gasteiger partial charge in [-0.25, -0.2) is 0 Å². The number of carbonyl (C=O) groups excluding carboxylic acids is 1. The Morgan fingerprint density at radius 1 is 1.28 bits per heavy atom. The summed E-state index contributed by atoms with van der Waals surface area (Å²) in [5.41, 5.74) is 2.54. The topological polar surface area (TPSA) is 66.4 Å². The van der Waals surface area contributed by atoms with Crippen LogP contribution in [0.5, 0.6) is 0 Å². The molecule has 0 bridgehead atoms. The number of hydrogen-bond donors (Lipinski definition) is 1. The third kappa shape index (κ3) is 5.70. The number of aliphatic imine (C=N–C) groups is 1. The summed E-state index contributed by atoms with van der Waals surface area (Å²) in [5, 5.41) is 3.45. The first-order valence-electron chi connectivity index (χ1n) is 10.4. The van der Waals surface area contributed by atoms with Gasteiger partial charge in [-0.05, 0) is 24.0 Å². The fourth-order valence-corrected chi connectivity index (χ4v) is 4.24. The molecular weight excluding hydrogens is 368 g/mol. The molecule has 1 N–H and O–H groups in total. The minimum atomic E-state index is -0.138. The summed E-state index contributed by atoms with van der Waals surface area (Å²) in [6.45, 7) is 10.1. The van der Waals surface area contributed by atoms with Crippen LogP contribution in [0.15, 0.2) is 29.3 Å². The van der Waals surface area contributed by atoms with E-state index in [1.165, 1.54) is 18.2 Å². The first-order chi connectivity index (χ1) is 14.0. The molecule has 0 radical (unpaired) electrons. The normalized spacial score (nSPS) is 25.9. The lowest BCUT2D eigenvalue weighted by atomic mass is 9.99. The highest BCUT2D eigenvalue weighted by Crippen LogP contribution is 2.24. The van der Waals surface area contributed by atoms with Gasteiger partial charge in [-0.3, -0.25) is 14.7 Å². The molecule has 7 heteroatoms. The molecular formula is C22H34N4O3. The number of nitrogens with one attached hydrogen (secondary N) is 1. The van der Waals surface area contributed by atoms with Crippen LogP contribution in [0.1, 0.15) is 25.0 Å². The van der Waals surface area contributed by atoms with Crippen LogP contribution in [-0.4, -0.2) is 74.8 Å². The molecule has 0 saturated carbocycles. The van der Waals surface area contributed by atoms with Crippen LogP contribution >= 0.6 is 0 Å². The second-order valence-corrected chi connectivity index (χ2v) is 8.15. The molecule has 7 nitrogen and oxygen atoms in total. The number of nitrogens with zero attached hydrogens (tertiary/aromatic N) is 3. The lowest BCUT2D eigenvalue weighted by Crippen LogP contribution is -2.40. The molecule has 1 aromatic rings. The summed E-state index contributed by atoms with van der Waals surface area (Å²) in [7, 11) is 3.24. The highest BCUT2D eigenvalue weighted by molar-refractivity contribution is 5.82. The van der Waals surface area contributed by atoms with E-state index in [1.54, 1.807) is 7.05 Å². The Bertz CT molecular complexity index is 724. The van der Waals surface area contributed by atoms with E-state index in [0.717, 1.165) is 38.7 Å². The lowest BCUT2D eigenvalue weighted by molar-refractivity contribution is -0.145. The van der Waals surface area contributed by atoms with E-state index >= 15 is 0 Å². The van der Waals surface area contributed by atoms with Crippen LogP contribution in [0.2, 0.25) is 0 Å². The zero-order valence-electron chi connectivity index (χ0n) is 18.1. The van der Waals surface area contributed by atoms with Crippen molar-refractivity contribution in [2.45, 2.75) is 33.0 Å². The van der Waals surface area contributed by atoms with Crippen LogP contribution in [0.25, 0.3) is 0 Å². The zero-order valence-corrected chi connectivity index (χ0v) is 18.1. The van der Waals surface area contributed by atoms with Crippen LogP contribution in [0.4, 0.5) is 0 Å².